The Kier molecular flexibility index (Phi) is 6.90. The zero-order valence-electron chi connectivity index (χ0n) is 13.7. The van der Waals surface area contributed by atoms with Gasteiger partial charge in [-0.05, 0) is 31.5 Å². The van der Waals surface area contributed by atoms with Crippen LogP contribution in [0.5, 0.6) is 0 Å². The van der Waals surface area contributed by atoms with Crippen molar-refractivity contribution in [3.8, 4) is 0 Å². The maximum Gasteiger partial charge on any atom is 0.338 e. The van der Waals surface area contributed by atoms with E-state index in [-0.39, 0.29) is 11.3 Å². The van der Waals surface area contributed by atoms with Gasteiger partial charge in [-0.3, -0.25) is 10.1 Å². The summed E-state index contributed by atoms with van der Waals surface area (Å²) in [7, 11) is -3.16. The number of carbonyl (C=O) groups is 3. The fraction of sp³-hybridized carbons (Fsp3) is 0.400. The van der Waals surface area contributed by atoms with Gasteiger partial charge in [0.25, 0.3) is 5.91 Å². The van der Waals surface area contributed by atoms with Crippen LogP contribution < -0.4 is 10.6 Å². The van der Waals surface area contributed by atoms with Gasteiger partial charge in [-0.25, -0.2) is 18.0 Å². The summed E-state index contributed by atoms with van der Waals surface area (Å²) in [5, 5.41) is 4.42. The van der Waals surface area contributed by atoms with Crippen LogP contribution in [0.3, 0.4) is 0 Å². The summed E-state index contributed by atoms with van der Waals surface area (Å²) in [5.74, 6) is -1.63. The molecule has 8 nitrogen and oxygen atoms in total. The van der Waals surface area contributed by atoms with E-state index in [2.05, 4.69) is 5.32 Å². The number of ether oxygens (including phenoxy) is 1. The SMILES string of the molecule is CCNC(=O)NC(=O)C(C)OC(=O)c1ccc(CS(C)(=O)=O)cc1. The predicted octanol–water partition coefficient (Wildman–Crippen LogP) is 0.622. The number of benzene rings is 1. The molecule has 0 aliphatic carbocycles. The first-order valence-electron chi connectivity index (χ1n) is 7.18. The Bertz CT molecular complexity index is 712. The third-order valence-corrected chi connectivity index (χ3v) is 3.70. The molecule has 0 radical (unpaired) electrons. The van der Waals surface area contributed by atoms with Crippen molar-refractivity contribution in [2.24, 2.45) is 0 Å². The average Bonchev–Trinajstić information content (AvgIpc) is 2.46. The molecule has 1 aromatic carbocycles. The molecule has 0 aliphatic rings. The first-order valence-corrected chi connectivity index (χ1v) is 9.24. The van der Waals surface area contributed by atoms with Gasteiger partial charge in [0, 0.05) is 12.8 Å². The van der Waals surface area contributed by atoms with Crippen LogP contribution in [0.4, 0.5) is 4.79 Å². The first kappa shape index (κ1) is 19.6. The van der Waals surface area contributed by atoms with E-state index in [1.807, 2.05) is 5.32 Å². The molecule has 132 valence electrons. The highest BCUT2D eigenvalue weighted by atomic mass is 32.2. The zero-order valence-corrected chi connectivity index (χ0v) is 14.5. The number of nitrogens with one attached hydrogen (secondary N) is 2. The molecule has 24 heavy (non-hydrogen) atoms. The lowest BCUT2D eigenvalue weighted by Crippen LogP contribution is -2.44. The Morgan fingerprint density at radius 3 is 2.25 bits per heavy atom. The van der Waals surface area contributed by atoms with Gasteiger partial charge in [-0.15, -0.1) is 0 Å². The van der Waals surface area contributed by atoms with Crippen LogP contribution in [0.15, 0.2) is 24.3 Å². The van der Waals surface area contributed by atoms with Gasteiger partial charge in [0.15, 0.2) is 15.9 Å². The number of carbonyl (C=O) groups excluding carboxylic acids is 3. The number of amides is 3. The fourth-order valence-corrected chi connectivity index (χ4v) is 2.54. The number of esters is 1. The molecule has 2 N–H and O–H groups in total. The highest BCUT2D eigenvalue weighted by molar-refractivity contribution is 7.89. The molecular formula is C15H20N2O6S. The minimum Gasteiger partial charge on any atom is -0.449 e. The Labute approximate surface area is 140 Å². The van der Waals surface area contributed by atoms with Crippen molar-refractivity contribution in [3.63, 3.8) is 0 Å². The van der Waals surface area contributed by atoms with Crippen LogP contribution in [0.2, 0.25) is 0 Å². The molecule has 0 bridgehead atoms. The van der Waals surface area contributed by atoms with Crippen molar-refractivity contribution in [2.45, 2.75) is 25.7 Å². The zero-order chi connectivity index (χ0) is 18.3. The van der Waals surface area contributed by atoms with Crippen LogP contribution in [-0.2, 0) is 25.1 Å². The Balaban J connectivity index is 2.64. The van der Waals surface area contributed by atoms with Crippen molar-refractivity contribution in [1.82, 2.24) is 10.6 Å². The number of hydrogen-bond acceptors (Lipinski definition) is 6. The smallest absolute Gasteiger partial charge is 0.338 e. The average molecular weight is 356 g/mol. The highest BCUT2D eigenvalue weighted by Crippen LogP contribution is 2.10. The van der Waals surface area contributed by atoms with E-state index >= 15 is 0 Å². The summed E-state index contributed by atoms with van der Waals surface area (Å²) in [6, 6.07) is 5.15. The molecule has 0 aromatic heterocycles. The van der Waals surface area contributed by atoms with Gasteiger partial charge >= 0.3 is 12.0 Å². The van der Waals surface area contributed by atoms with Crippen LogP contribution in [0, 0.1) is 0 Å². The number of hydrogen-bond donors (Lipinski definition) is 2. The van der Waals surface area contributed by atoms with Gasteiger partial charge in [-0.2, -0.15) is 0 Å². The van der Waals surface area contributed by atoms with E-state index in [1.165, 1.54) is 31.2 Å². The normalized spacial score (nSPS) is 12.1. The van der Waals surface area contributed by atoms with Crippen molar-refractivity contribution < 1.29 is 27.5 Å². The van der Waals surface area contributed by atoms with Gasteiger partial charge in [0.2, 0.25) is 0 Å². The van der Waals surface area contributed by atoms with E-state index in [0.717, 1.165) is 6.26 Å². The van der Waals surface area contributed by atoms with E-state index in [1.54, 1.807) is 6.92 Å². The minimum absolute atomic E-state index is 0.131. The van der Waals surface area contributed by atoms with Crippen LogP contribution in [0.1, 0.15) is 29.8 Å². The lowest BCUT2D eigenvalue weighted by Gasteiger charge is -2.13. The molecule has 0 spiro atoms. The van der Waals surface area contributed by atoms with Crippen LogP contribution in [0.25, 0.3) is 0 Å². The maximum absolute atomic E-state index is 11.9. The molecule has 0 saturated carbocycles. The third kappa shape index (κ3) is 6.78. The lowest BCUT2D eigenvalue weighted by molar-refractivity contribution is -0.127. The first-order chi connectivity index (χ1) is 11.1. The van der Waals surface area contributed by atoms with Crippen molar-refractivity contribution >= 4 is 27.7 Å². The van der Waals surface area contributed by atoms with Crippen LogP contribution in [-0.4, -0.2) is 45.2 Å². The molecule has 0 heterocycles. The molecule has 1 unspecified atom stereocenters. The topological polar surface area (TPSA) is 119 Å². The summed E-state index contributed by atoms with van der Waals surface area (Å²) in [4.78, 5) is 34.9. The number of urea groups is 1. The lowest BCUT2D eigenvalue weighted by atomic mass is 10.1. The van der Waals surface area contributed by atoms with Crippen molar-refractivity contribution in [3.05, 3.63) is 35.4 Å². The third-order valence-electron chi connectivity index (χ3n) is 2.85. The summed E-state index contributed by atoms with van der Waals surface area (Å²) >= 11 is 0. The van der Waals surface area contributed by atoms with E-state index in [9.17, 15) is 22.8 Å². The second-order valence-corrected chi connectivity index (χ2v) is 7.30. The second-order valence-electron chi connectivity index (χ2n) is 5.16. The van der Waals surface area contributed by atoms with Crippen molar-refractivity contribution in [2.75, 3.05) is 12.8 Å². The molecule has 0 aliphatic heterocycles. The molecule has 9 heteroatoms. The summed E-state index contributed by atoms with van der Waals surface area (Å²) < 4.78 is 27.4. The molecule has 0 fully saturated rings. The quantitative estimate of drug-likeness (QED) is 0.721. The molecule has 1 rings (SSSR count). The number of imide groups is 1. The van der Waals surface area contributed by atoms with Crippen LogP contribution >= 0.6 is 0 Å². The number of sulfone groups is 1. The maximum atomic E-state index is 11.9. The molecule has 3 amide bonds. The van der Waals surface area contributed by atoms with Gasteiger partial charge in [0.05, 0.1) is 11.3 Å². The Morgan fingerprint density at radius 2 is 1.75 bits per heavy atom. The Hall–Kier alpha value is -2.42. The van der Waals surface area contributed by atoms with Crippen molar-refractivity contribution in [1.29, 1.82) is 0 Å². The van der Waals surface area contributed by atoms with Gasteiger partial charge < -0.3 is 10.1 Å². The summed E-state index contributed by atoms with van der Waals surface area (Å²) in [5.41, 5.74) is 0.709. The predicted molar refractivity (Wildman–Crippen MR) is 87.1 cm³/mol. The molecule has 1 aromatic rings. The van der Waals surface area contributed by atoms with E-state index in [4.69, 9.17) is 4.74 Å². The molecular weight excluding hydrogens is 336 g/mol. The highest BCUT2D eigenvalue weighted by Gasteiger charge is 2.20. The minimum atomic E-state index is -3.16. The van der Waals surface area contributed by atoms with Gasteiger partial charge in [0.1, 0.15) is 0 Å². The molecule has 0 saturated heterocycles. The molecule has 1 atom stereocenters. The summed E-state index contributed by atoms with van der Waals surface area (Å²) in [6.07, 6.45) is -0.0414. The fourth-order valence-electron chi connectivity index (χ4n) is 1.74. The van der Waals surface area contributed by atoms with E-state index in [0.29, 0.717) is 12.1 Å². The van der Waals surface area contributed by atoms with Gasteiger partial charge in [-0.1, -0.05) is 12.1 Å². The van der Waals surface area contributed by atoms with E-state index < -0.39 is 33.8 Å². The monoisotopic (exact) mass is 356 g/mol. The largest absolute Gasteiger partial charge is 0.449 e. The Morgan fingerprint density at radius 1 is 1.17 bits per heavy atom. The standard InChI is InChI=1S/C15H20N2O6S/c1-4-16-15(20)17-13(18)10(2)23-14(19)12-7-5-11(6-8-12)9-24(3,21)22/h5-8,10H,4,9H2,1-3H3,(H2,16,17,18,20). The number of rotatable bonds is 6. The second kappa shape index (κ2) is 8.44. The summed E-state index contributed by atoms with van der Waals surface area (Å²) in [6.45, 7) is 3.39.